The van der Waals surface area contributed by atoms with Crippen LogP contribution in [0.3, 0.4) is 0 Å². The average Bonchev–Trinajstić information content (AvgIpc) is 2.79. The van der Waals surface area contributed by atoms with Gasteiger partial charge in [0.05, 0.1) is 15.9 Å². The van der Waals surface area contributed by atoms with Crippen LogP contribution in [0.25, 0.3) is 21.8 Å². The highest BCUT2D eigenvalue weighted by Crippen LogP contribution is 2.30. The van der Waals surface area contributed by atoms with Gasteiger partial charge in [0.1, 0.15) is 0 Å². The van der Waals surface area contributed by atoms with Gasteiger partial charge >= 0.3 is 0 Å². The van der Waals surface area contributed by atoms with E-state index in [1.165, 1.54) is 0 Å². The lowest BCUT2D eigenvalue weighted by Gasteiger charge is -2.15. The highest BCUT2D eigenvalue weighted by Gasteiger charge is 2.19. The molecule has 5 rings (SSSR count). The Morgan fingerprint density at radius 1 is 0.719 bits per heavy atom. The Morgan fingerprint density at radius 2 is 1.38 bits per heavy atom. The van der Waals surface area contributed by atoms with Gasteiger partial charge in [0.15, 0.2) is 11.6 Å². The maximum atomic E-state index is 13.1. The lowest BCUT2D eigenvalue weighted by molar-refractivity contribution is 0.601. The van der Waals surface area contributed by atoms with E-state index in [1.54, 1.807) is 24.3 Å². The number of sulfonamides is 1. The molecule has 0 radical (unpaired) electrons. The molecule has 0 bridgehead atoms. The summed E-state index contributed by atoms with van der Waals surface area (Å²) in [5.41, 5.74) is 2.92. The second-order valence-electron chi connectivity index (χ2n) is 7.48. The Balaban J connectivity index is 1.63. The van der Waals surface area contributed by atoms with Crippen LogP contribution in [0, 0.1) is 6.92 Å². The predicted molar refractivity (Wildman–Crippen MR) is 129 cm³/mol. The lowest BCUT2D eigenvalue weighted by atomic mass is 10.1. The molecule has 1 aromatic heterocycles. The van der Waals surface area contributed by atoms with Gasteiger partial charge in [-0.25, -0.2) is 18.4 Å². The van der Waals surface area contributed by atoms with E-state index in [-0.39, 0.29) is 10.7 Å². The molecule has 2 N–H and O–H groups in total. The first-order valence-corrected chi connectivity index (χ1v) is 11.6. The van der Waals surface area contributed by atoms with E-state index in [4.69, 9.17) is 0 Å². The van der Waals surface area contributed by atoms with Gasteiger partial charge in [0, 0.05) is 11.1 Å². The van der Waals surface area contributed by atoms with Gasteiger partial charge in [-0.3, -0.25) is 4.72 Å². The minimum Gasteiger partial charge on any atom is -0.337 e. The predicted octanol–water partition coefficient (Wildman–Crippen LogP) is 5.64. The third-order valence-electron chi connectivity index (χ3n) is 5.14. The fraction of sp³-hybridized carbons (Fsp3) is 0.0400. The molecule has 0 fully saturated rings. The maximum absolute atomic E-state index is 13.1. The first kappa shape index (κ1) is 20.0. The van der Waals surface area contributed by atoms with Crippen LogP contribution in [-0.2, 0) is 10.0 Å². The zero-order valence-corrected chi connectivity index (χ0v) is 18.1. The summed E-state index contributed by atoms with van der Waals surface area (Å²) in [5.74, 6) is 0.467. The standard InChI is InChI=1S/C25H20N4O2S/c1-17-8-6-11-19(16-17)32(30,31)29-25-24(27-22-13-4-5-14-23(22)28-25)26-21-15-7-10-18-9-2-3-12-20(18)21/h2-16H,1H3,(H,26,27)(H,28,29). The molecule has 1 heterocycles. The summed E-state index contributed by atoms with van der Waals surface area (Å²) >= 11 is 0. The number of benzene rings is 4. The molecule has 0 atom stereocenters. The van der Waals surface area contributed by atoms with Crippen molar-refractivity contribution in [1.82, 2.24) is 9.97 Å². The van der Waals surface area contributed by atoms with Crippen LogP contribution >= 0.6 is 0 Å². The molecule has 0 saturated carbocycles. The first-order chi connectivity index (χ1) is 15.5. The molecule has 0 spiro atoms. The van der Waals surface area contributed by atoms with Gasteiger partial charge < -0.3 is 5.32 Å². The van der Waals surface area contributed by atoms with E-state index in [0.29, 0.717) is 16.9 Å². The molecular formula is C25H20N4O2S. The summed E-state index contributed by atoms with van der Waals surface area (Å²) in [7, 11) is -3.85. The molecule has 0 saturated heterocycles. The Hall–Kier alpha value is -3.97. The third-order valence-corrected chi connectivity index (χ3v) is 6.48. The molecular weight excluding hydrogens is 420 g/mol. The van der Waals surface area contributed by atoms with Crippen molar-refractivity contribution in [3.05, 3.63) is 96.6 Å². The topological polar surface area (TPSA) is 84.0 Å². The number of anilines is 3. The van der Waals surface area contributed by atoms with Gasteiger partial charge in [-0.1, -0.05) is 60.7 Å². The van der Waals surface area contributed by atoms with Crippen LogP contribution in [0.5, 0.6) is 0 Å². The number of rotatable bonds is 5. The third kappa shape index (κ3) is 3.86. The van der Waals surface area contributed by atoms with Crippen molar-refractivity contribution in [3.63, 3.8) is 0 Å². The number of nitrogens with zero attached hydrogens (tertiary/aromatic N) is 2. The fourth-order valence-corrected chi connectivity index (χ4v) is 4.70. The van der Waals surface area contributed by atoms with Gasteiger partial charge in [-0.15, -0.1) is 0 Å². The minimum absolute atomic E-state index is 0.137. The smallest absolute Gasteiger partial charge is 0.263 e. The summed E-state index contributed by atoms with van der Waals surface area (Å²) in [6.45, 7) is 1.85. The molecule has 7 heteroatoms. The molecule has 0 aliphatic carbocycles. The fourth-order valence-electron chi connectivity index (χ4n) is 3.59. The molecule has 4 aromatic carbocycles. The number of hydrogen-bond acceptors (Lipinski definition) is 5. The van der Waals surface area contributed by atoms with Crippen LogP contribution in [-0.4, -0.2) is 18.4 Å². The first-order valence-electron chi connectivity index (χ1n) is 10.1. The van der Waals surface area contributed by atoms with E-state index in [1.807, 2.05) is 73.7 Å². The van der Waals surface area contributed by atoms with Gasteiger partial charge in [-0.05, 0) is 48.2 Å². The van der Waals surface area contributed by atoms with Gasteiger partial charge in [0.25, 0.3) is 10.0 Å². The van der Waals surface area contributed by atoms with E-state index >= 15 is 0 Å². The maximum Gasteiger partial charge on any atom is 0.263 e. The molecule has 0 aliphatic rings. The monoisotopic (exact) mass is 440 g/mol. The van der Waals surface area contributed by atoms with Gasteiger partial charge in [0.2, 0.25) is 0 Å². The number of hydrogen-bond donors (Lipinski definition) is 2. The van der Waals surface area contributed by atoms with Crippen molar-refractivity contribution in [3.8, 4) is 0 Å². The normalized spacial score (nSPS) is 11.5. The quantitative estimate of drug-likeness (QED) is 0.370. The number of para-hydroxylation sites is 2. The van der Waals surface area contributed by atoms with Crippen molar-refractivity contribution in [2.45, 2.75) is 11.8 Å². The molecule has 6 nitrogen and oxygen atoms in total. The van der Waals surface area contributed by atoms with Crippen LogP contribution in [0.4, 0.5) is 17.3 Å². The molecule has 0 aliphatic heterocycles. The van der Waals surface area contributed by atoms with E-state index in [9.17, 15) is 8.42 Å². The molecule has 158 valence electrons. The number of nitrogens with one attached hydrogen (secondary N) is 2. The van der Waals surface area contributed by atoms with E-state index in [0.717, 1.165) is 22.0 Å². The summed E-state index contributed by atoms with van der Waals surface area (Å²) in [6.07, 6.45) is 0. The van der Waals surface area contributed by atoms with Crippen molar-refractivity contribution in [2.24, 2.45) is 0 Å². The Morgan fingerprint density at radius 3 is 2.16 bits per heavy atom. The Bertz CT molecular complexity index is 1560. The minimum atomic E-state index is -3.85. The Kier molecular flexibility index (Phi) is 4.95. The van der Waals surface area contributed by atoms with Crippen LogP contribution in [0.2, 0.25) is 0 Å². The van der Waals surface area contributed by atoms with Gasteiger partial charge in [-0.2, -0.15) is 0 Å². The lowest BCUT2D eigenvalue weighted by Crippen LogP contribution is -2.16. The summed E-state index contributed by atoms with van der Waals surface area (Å²) in [5, 5.41) is 5.35. The Labute approximate surface area is 186 Å². The average molecular weight is 441 g/mol. The molecule has 5 aromatic rings. The van der Waals surface area contributed by atoms with E-state index < -0.39 is 10.0 Å². The summed E-state index contributed by atoms with van der Waals surface area (Å²) in [4.78, 5) is 9.41. The zero-order chi connectivity index (χ0) is 22.1. The largest absolute Gasteiger partial charge is 0.337 e. The number of aromatic nitrogens is 2. The molecule has 0 unspecified atom stereocenters. The van der Waals surface area contributed by atoms with Crippen molar-refractivity contribution in [2.75, 3.05) is 10.0 Å². The van der Waals surface area contributed by atoms with Crippen LogP contribution in [0.15, 0.2) is 95.9 Å². The van der Waals surface area contributed by atoms with Crippen molar-refractivity contribution in [1.29, 1.82) is 0 Å². The summed E-state index contributed by atoms with van der Waals surface area (Å²) in [6, 6.07) is 27.9. The second kappa shape index (κ2) is 7.94. The van der Waals surface area contributed by atoms with Crippen molar-refractivity contribution >= 4 is 49.2 Å². The zero-order valence-electron chi connectivity index (χ0n) is 17.3. The van der Waals surface area contributed by atoms with Crippen molar-refractivity contribution < 1.29 is 8.42 Å². The number of aryl methyl sites for hydroxylation is 1. The second-order valence-corrected chi connectivity index (χ2v) is 9.17. The highest BCUT2D eigenvalue weighted by atomic mass is 32.2. The molecule has 0 amide bonds. The summed E-state index contributed by atoms with van der Waals surface area (Å²) < 4.78 is 28.8. The molecule has 32 heavy (non-hydrogen) atoms. The highest BCUT2D eigenvalue weighted by molar-refractivity contribution is 7.92. The SMILES string of the molecule is Cc1cccc(S(=O)(=O)Nc2nc3ccccc3nc2Nc2cccc3ccccc23)c1. The van der Waals surface area contributed by atoms with Crippen LogP contribution < -0.4 is 10.0 Å². The van der Waals surface area contributed by atoms with Crippen LogP contribution in [0.1, 0.15) is 5.56 Å². The van der Waals surface area contributed by atoms with E-state index in [2.05, 4.69) is 20.0 Å². The number of fused-ring (bicyclic) bond motifs is 2.